The number of rotatable bonds is 3. The van der Waals surface area contributed by atoms with E-state index in [0.29, 0.717) is 17.3 Å². The van der Waals surface area contributed by atoms with Gasteiger partial charge in [0.15, 0.2) is 0 Å². The Hall–Kier alpha value is -1.96. The Bertz CT molecular complexity index is 717. The van der Waals surface area contributed by atoms with Crippen molar-refractivity contribution in [3.8, 4) is 0 Å². The molecule has 1 saturated heterocycles. The SMILES string of the molecule is O=C(CN1C(=O)NC2(CCCCCC2)C1=O)Nc1ccc(Br)cc1F. The van der Waals surface area contributed by atoms with Crippen molar-refractivity contribution in [1.82, 2.24) is 10.2 Å². The minimum absolute atomic E-state index is 0.00411. The molecule has 134 valence electrons. The van der Waals surface area contributed by atoms with E-state index in [4.69, 9.17) is 0 Å². The molecule has 0 atom stereocenters. The van der Waals surface area contributed by atoms with Crippen LogP contribution >= 0.6 is 15.9 Å². The summed E-state index contributed by atoms with van der Waals surface area (Å²) < 4.78 is 14.4. The summed E-state index contributed by atoms with van der Waals surface area (Å²) in [4.78, 5) is 38.0. The van der Waals surface area contributed by atoms with Crippen molar-refractivity contribution in [2.45, 2.75) is 44.1 Å². The number of nitrogens with one attached hydrogen (secondary N) is 2. The highest BCUT2D eigenvalue weighted by molar-refractivity contribution is 9.10. The van der Waals surface area contributed by atoms with Gasteiger partial charge < -0.3 is 10.6 Å². The van der Waals surface area contributed by atoms with E-state index in [1.165, 1.54) is 12.1 Å². The zero-order valence-electron chi connectivity index (χ0n) is 13.6. The number of imide groups is 1. The van der Waals surface area contributed by atoms with Gasteiger partial charge in [-0.05, 0) is 31.0 Å². The third kappa shape index (κ3) is 3.68. The molecule has 0 bridgehead atoms. The van der Waals surface area contributed by atoms with Crippen LogP contribution in [0.15, 0.2) is 22.7 Å². The lowest BCUT2D eigenvalue weighted by Crippen LogP contribution is -2.47. The summed E-state index contributed by atoms with van der Waals surface area (Å²) >= 11 is 3.14. The van der Waals surface area contributed by atoms with Gasteiger partial charge in [-0.3, -0.25) is 14.5 Å². The van der Waals surface area contributed by atoms with Gasteiger partial charge in [0.1, 0.15) is 17.9 Å². The van der Waals surface area contributed by atoms with Crippen molar-refractivity contribution in [3.05, 3.63) is 28.5 Å². The third-order valence-corrected chi connectivity index (χ3v) is 5.20. The Morgan fingerprint density at radius 1 is 1.24 bits per heavy atom. The lowest BCUT2D eigenvalue weighted by molar-refractivity contribution is -0.134. The van der Waals surface area contributed by atoms with E-state index >= 15 is 0 Å². The maximum Gasteiger partial charge on any atom is 0.325 e. The Kier molecular flexibility index (Phi) is 5.08. The molecular formula is C17H19BrFN3O3. The molecule has 2 aliphatic rings. The second-order valence-electron chi connectivity index (χ2n) is 6.49. The number of anilines is 1. The van der Waals surface area contributed by atoms with Gasteiger partial charge in [-0.15, -0.1) is 0 Å². The molecule has 6 nitrogen and oxygen atoms in total. The van der Waals surface area contributed by atoms with E-state index in [9.17, 15) is 18.8 Å². The monoisotopic (exact) mass is 411 g/mol. The molecule has 2 fully saturated rings. The van der Waals surface area contributed by atoms with Crippen molar-refractivity contribution >= 4 is 39.5 Å². The number of nitrogens with zero attached hydrogens (tertiary/aromatic N) is 1. The fourth-order valence-corrected chi connectivity index (χ4v) is 3.75. The average Bonchev–Trinajstić information content (AvgIpc) is 2.73. The first-order chi connectivity index (χ1) is 11.9. The van der Waals surface area contributed by atoms with Gasteiger partial charge in [0.2, 0.25) is 5.91 Å². The first-order valence-electron chi connectivity index (χ1n) is 8.30. The van der Waals surface area contributed by atoms with Gasteiger partial charge in [-0.2, -0.15) is 0 Å². The standard InChI is InChI=1S/C17H19BrFN3O3/c18-11-5-6-13(12(19)9-11)20-14(23)10-22-15(24)17(21-16(22)25)7-3-1-2-4-8-17/h5-6,9H,1-4,7-8,10H2,(H,20,23)(H,21,25). The number of halogens is 2. The molecule has 0 aromatic heterocycles. The average molecular weight is 412 g/mol. The zero-order valence-corrected chi connectivity index (χ0v) is 15.2. The van der Waals surface area contributed by atoms with E-state index in [2.05, 4.69) is 26.6 Å². The summed E-state index contributed by atoms with van der Waals surface area (Å²) in [6.45, 7) is -0.429. The van der Waals surface area contributed by atoms with Crippen molar-refractivity contribution in [2.75, 3.05) is 11.9 Å². The molecule has 1 saturated carbocycles. The molecular weight excluding hydrogens is 393 g/mol. The van der Waals surface area contributed by atoms with E-state index in [1.54, 1.807) is 6.07 Å². The molecule has 2 N–H and O–H groups in total. The van der Waals surface area contributed by atoms with Crippen LogP contribution in [0.1, 0.15) is 38.5 Å². The van der Waals surface area contributed by atoms with Crippen LogP contribution in [0.25, 0.3) is 0 Å². The lowest BCUT2D eigenvalue weighted by Gasteiger charge is -2.24. The fourth-order valence-electron chi connectivity index (χ4n) is 3.41. The predicted molar refractivity (Wildman–Crippen MR) is 93.4 cm³/mol. The summed E-state index contributed by atoms with van der Waals surface area (Å²) in [5, 5.41) is 5.17. The maximum atomic E-state index is 13.8. The first kappa shape index (κ1) is 17.8. The number of urea groups is 1. The minimum Gasteiger partial charge on any atom is -0.323 e. The van der Waals surface area contributed by atoms with Crippen LogP contribution in [0.4, 0.5) is 14.9 Å². The van der Waals surface area contributed by atoms with Crippen molar-refractivity contribution in [1.29, 1.82) is 0 Å². The Labute approximate surface area is 153 Å². The van der Waals surface area contributed by atoms with Gasteiger partial charge in [-0.1, -0.05) is 41.6 Å². The second-order valence-corrected chi connectivity index (χ2v) is 7.41. The van der Waals surface area contributed by atoms with Crippen LogP contribution in [0.5, 0.6) is 0 Å². The van der Waals surface area contributed by atoms with E-state index < -0.39 is 29.8 Å². The number of hydrogen-bond donors (Lipinski definition) is 2. The highest BCUT2D eigenvalue weighted by atomic mass is 79.9. The molecule has 1 aliphatic carbocycles. The Morgan fingerprint density at radius 2 is 1.92 bits per heavy atom. The molecule has 0 unspecified atom stereocenters. The number of hydrogen-bond acceptors (Lipinski definition) is 3. The predicted octanol–water partition coefficient (Wildman–Crippen LogP) is 3.17. The second kappa shape index (κ2) is 7.11. The molecule has 4 amide bonds. The largest absolute Gasteiger partial charge is 0.325 e. The molecule has 1 aromatic carbocycles. The van der Waals surface area contributed by atoms with E-state index in [1.807, 2.05) is 0 Å². The van der Waals surface area contributed by atoms with Gasteiger partial charge in [0.05, 0.1) is 5.69 Å². The van der Waals surface area contributed by atoms with Crippen LogP contribution in [-0.2, 0) is 9.59 Å². The van der Waals surface area contributed by atoms with Crippen molar-refractivity contribution in [2.24, 2.45) is 0 Å². The van der Waals surface area contributed by atoms with Crippen molar-refractivity contribution < 1.29 is 18.8 Å². The summed E-state index contributed by atoms with van der Waals surface area (Å²) in [5.74, 6) is -1.57. The summed E-state index contributed by atoms with van der Waals surface area (Å²) in [7, 11) is 0. The minimum atomic E-state index is -0.878. The van der Waals surface area contributed by atoms with E-state index in [-0.39, 0.29) is 11.6 Å². The van der Waals surface area contributed by atoms with Crippen LogP contribution in [0.2, 0.25) is 0 Å². The smallest absolute Gasteiger partial charge is 0.323 e. The Balaban J connectivity index is 1.68. The van der Waals surface area contributed by atoms with Gasteiger partial charge in [0, 0.05) is 4.47 Å². The zero-order chi connectivity index (χ0) is 18.0. The lowest BCUT2D eigenvalue weighted by atomic mass is 9.90. The van der Waals surface area contributed by atoms with Crippen LogP contribution < -0.4 is 10.6 Å². The molecule has 1 aliphatic heterocycles. The van der Waals surface area contributed by atoms with E-state index in [0.717, 1.165) is 30.6 Å². The molecule has 8 heteroatoms. The molecule has 3 rings (SSSR count). The Morgan fingerprint density at radius 3 is 2.56 bits per heavy atom. The number of carbonyl (C=O) groups is 3. The molecule has 25 heavy (non-hydrogen) atoms. The molecule has 1 heterocycles. The van der Waals surface area contributed by atoms with Crippen LogP contribution in [0.3, 0.4) is 0 Å². The third-order valence-electron chi connectivity index (χ3n) is 4.71. The highest BCUT2D eigenvalue weighted by Gasteiger charge is 2.51. The first-order valence-corrected chi connectivity index (χ1v) is 9.10. The van der Waals surface area contributed by atoms with Crippen LogP contribution in [0, 0.1) is 5.82 Å². The highest BCUT2D eigenvalue weighted by Crippen LogP contribution is 2.32. The molecule has 1 spiro atoms. The number of carbonyl (C=O) groups excluding carboxylic acids is 3. The van der Waals surface area contributed by atoms with Gasteiger partial charge in [-0.25, -0.2) is 9.18 Å². The van der Waals surface area contributed by atoms with Crippen LogP contribution in [-0.4, -0.2) is 34.8 Å². The summed E-state index contributed by atoms with van der Waals surface area (Å²) in [6.07, 6.45) is 5.00. The maximum absolute atomic E-state index is 13.8. The van der Waals surface area contributed by atoms with Gasteiger partial charge in [0.25, 0.3) is 5.91 Å². The summed E-state index contributed by atoms with van der Waals surface area (Å²) in [5.41, 5.74) is -0.874. The number of amides is 4. The number of benzene rings is 1. The topological polar surface area (TPSA) is 78.5 Å². The normalized spacial score (nSPS) is 19.7. The molecule has 0 radical (unpaired) electrons. The molecule has 1 aromatic rings. The fraction of sp³-hybridized carbons (Fsp3) is 0.471. The quantitative estimate of drug-likeness (QED) is 0.749. The summed E-state index contributed by atoms with van der Waals surface area (Å²) in [6, 6.07) is 3.67. The van der Waals surface area contributed by atoms with Crippen molar-refractivity contribution in [3.63, 3.8) is 0 Å². The van der Waals surface area contributed by atoms with Gasteiger partial charge >= 0.3 is 6.03 Å².